The van der Waals surface area contributed by atoms with Crippen LogP contribution in [0.5, 0.6) is 11.5 Å². The second kappa shape index (κ2) is 9.34. The Morgan fingerprint density at radius 1 is 1.00 bits per heavy atom. The van der Waals surface area contributed by atoms with E-state index in [2.05, 4.69) is 10.2 Å². The van der Waals surface area contributed by atoms with E-state index in [0.717, 1.165) is 18.8 Å². The minimum atomic E-state index is -0.966. The Morgan fingerprint density at radius 2 is 1.61 bits per heavy atom. The van der Waals surface area contributed by atoms with Crippen molar-refractivity contribution in [1.29, 1.82) is 0 Å². The van der Waals surface area contributed by atoms with E-state index < -0.39 is 12.0 Å². The number of carbonyl (C=O) groups is 2. The van der Waals surface area contributed by atoms with Crippen molar-refractivity contribution in [3.8, 4) is 11.5 Å². The summed E-state index contributed by atoms with van der Waals surface area (Å²) in [7, 11) is 2.00. The number of hydrogen-bond acceptors (Lipinski definition) is 5. The van der Waals surface area contributed by atoms with Crippen molar-refractivity contribution in [3.63, 3.8) is 0 Å². The summed E-state index contributed by atoms with van der Waals surface area (Å²) in [5, 5.41) is 12.3. The van der Waals surface area contributed by atoms with Crippen LogP contribution in [0.3, 0.4) is 0 Å². The Balaban J connectivity index is 1.55. The van der Waals surface area contributed by atoms with Crippen LogP contribution in [-0.2, 0) is 9.59 Å². The van der Waals surface area contributed by atoms with Crippen LogP contribution in [0.1, 0.15) is 6.42 Å². The summed E-state index contributed by atoms with van der Waals surface area (Å²) in [6.45, 7) is 2.89. The average Bonchev–Trinajstić information content (AvgIpc) is 2.69. The first-order chi connectivity index (χ1) is 13.5. The standard InChI is InChI=1S/C21H25N3O4/c1-23-11-13-24(14-12-23)19(21(26)27)15-20(25)22-16-7-9-18(10-8-16)28-17-5-3-2-4-6-17/h2-10,19H,11-15H2,1H3,(H,22,25)(H,26,27). The molecule has 1 saturated heterocycles. The lowest BCUT2D eigenvalue weighted by atomic mass is 10.1. The highest BCUT2D eigenvalue weighted by atomic mass is 16.5. The largest absolute Gasteiger partial charge is 0.480 e. The summed E-state index contributed by atoms with van der Waals surface area (Å²) in [6.07, 6.45) is -0.0820. The number of aliphatic carboxylic acids is 1. The number of carbonyl (C=O) groups excluding carboxylic acids is 1. The zero-order valence-electron chi connectivity index (χ0n) is 15.9. The van der Waals surface area contributed by atoms with Gasteiger partial charge in [0.1, 0.15) is 17.5 Å². The fourth-order valence-corrected chi connectivity index (χ4v) is 3.12. The Hall–Kier alpha value is -2.90. The number of nitrogens with one attached hydrogen (secondary N) is 1. The molecule has 1 fully saturated rings. The van der Waals surface area contributed by atoms with Crippen LogP contribution < -0.4 is 10.1 Å². The zero-order valence-corrected chi connectivity index (χ0v) is 15.9. The maximum atomic E-state index is 12.4. The highest BCUT2D eigenvalue weighted by molar-refractivity contribution is 5.94. The number of hydrogen-bond donors (Lipinski definition) is 2. The number of anilines is 1. The van der Waals surface area contributed by atoms with Crippen LogP contribution in [0.2, 0.25) is 0 Å². The van der Waals surface area contributed by atoms with Gasteiger partial charge in [-0.05, 0) is 43.4 Å². The Morgan fingerprint density at radius 3 is 2.21 bits per heavy atom. The highest BCUT2D eigenvalue weighted by Gasteiger charge is 2.30. The number of nitrogens with zero attached hydrogens (tertiary/aromatic N) is 2. The van der Waals surface area contributed by atoms with E-state index in [4.69, 9.17) is 4.74 Å². The van der Waals surface area contributed by atoms with Crippen LogP contribution in [0, 0.1) is 0 Å². The molecule has 148 valence electrons. The SMILES string of the molecule is CN1CCN(C(CC(=O)Nc2ccc(Oc3ccccc3)cc2)C(=O)O)CC1. The second-order valence-corrected chi connectivity index (χ2v) is 6.89. The number of ether oxygens (including phenoxy) is 1. The minimum absolute atomic E-state index is 0.0820. The quantitative estimate of drug-likeness (QED) is 0.765. The van der Waals surface area contributed by atoms with Gasteiger partial charge in [0.05, 0.1) is 6.42 Å². The second-order valence-electron chi connectivity index (χ2n) is 6.89. The van der Waals surface area contributed by atoms with Gasteiger partial charge in [0, 0.05) is 31.9 Å². The number of piperazine rings is 1. The van der Waals surface area contributed by atoms with Crippen LogP contribution in [-0.4, -0.2) is 66.1 Å². The molecule has 0 saturated carbocycles. The molecular formula is C21H25N3O4. The Labute approximate surface area is 164 Å². The first-order valence-electron chi connectivity index (χ1n) is 9.29. The third-order valence-corrected chi connectivity index (χ3v) is 4.76. The van der Waals surface area contributed by atoms with Gasteiger partial charge in [-0.15, -0.1) is 0 Å². The van der Waals surface area contributed by atoms with Crippen molar-refractivity contribution in [2.24, 2.45) is 0 Å². The summed E-state index contributed by atoms with van der Waals surface area (Å²) in [6, 6.07) is 15.6. The van der Waals surface area contributed by atoms with Gasteiger partial charge in [-0.3, -0.25) is 14.5 Å². The minimum Gasteiger partial charge on any atom is -0.480 e. The molecule has 1 aliphatic heterocycles. The third-order valence-electron chi connectivity index (χ3n) is 4.76. The van der Waals surface area contributed by atoms with Crippen molar-refractivity contribution in [3.05, 3.63) is 54.6 Å². The van der Waals surface area contributed by atoms with Gasteiger partial charge in [-0.25, -0.2) is 0 Å². The molecule has 2 N–H and O–H groups in total. The van der Waals surface area contributed by atoms with Gasteiger partial charge in [-0.2, -0.15) is 0 Å². The smallest absolute Gasteiger partial charge is 0.321 e. The monoisotopic (exact) mass is 383 g/mol. The molecule has 1 atom stereocenters. The van der Waals surface area contributed by atoms with E-state index >= 15 is 0 Å². The predicted octanol–water partition coefficient (Wildman–Crippen LogP) is 2.51. The van der Waals surface area contributed by atoms with Crippen molar-refractivity contribution >= 4 is 17.6 Å². The topological polar surface area (TPSA) is 82.1 Å². The van der Waals surface area contributed by atoms with Gasteiger partial charge in [-0.1, -0.05) is 18.2 Å². The summed E-state index contributed by atoms with van der Waals surface area (Å²) in [5.41, 5.74) is 0.605. The van der Waals surface area contributed by atoms with E-state index in [1.165, 1.54) is 0 Å². The molecule has 2 aromatic carbocycles. The predicted molar refractivity (Wildman–Crippen MR) is 107 cm³/mol. The fourth-order valence-electron chi connectivity index (χ4n) is 3.12. The van der Waals surface area contributed by atoms with Gasteiger partial charge < -0.3 is 20.1 Å². The molecular weight excluding hydrogens is 358 g/mol. The molecule has 0 radical (unpaired) electrons. The molecule has 1 heterocycles. The van der Waals surface area contributed by atoms with E-state index in [1.807, 2.05) is 42.3 Å². The number of para-hydroxylation sites is 1. The summed E-state index contributed by atoms with van der Waals surface area (Å²) in [5.74, 6) is 0.107. The molecule has 0 bridgehead atoms. The summed E-state index contributed by atoms with van der Waals surface area (Å²) in [4.78, 5) is 28.0. The maximum Gasteiger partial charge on any atom is 0.321 e. The zero-order chi connectivity index (χ0) is 19.9. The van der Waals surface area contributed by atoms with Gasteiger partial charge in [0.15, 0.2) is 0 Å². The average molecular weight is 383 g/mol. The molecule has 3 rings (SSSR count). The van der Waals surface area contributed by atoms with Crippen LogP contribution in [0.4, 0.5) is 5.69 Å². The molecule has 7 nitrogen and oxygen atoms in total. The number of likely N-dealkylation sites (N-methyl/N-ethyl adjacent to an activating group) is 1. The lowest BCUT2D eigenvalue weighted by Crippen LogP contribution is -2.52. The maximum absolute atomic E-state index is 12.4. The van der Waals surface area contributed by atoms with E-state index in [1.54, 1.807) is 24.3 Å². The van der Waals surface area contributed by atoms with E-state index in [0.29, 0.717) is 24.5 Å². The van der Waals surface area contributed by atoms with E-state index in [-0.39, 0.29) is 12.3 Å². The molecule has 1 unspecified atom stereocenters. The number of rotatable bonds is 7. The third kappa shape index (κ3) is 5.55. The van der Waals surface area contributed by atoms with Crippen molar-refractivity contribution in [2.45, 2.75) is 12.5 Å². The van der Waals surface area contributed by atoms with Crippen molar-refractivity contribution in [2.75, 3.05) is 38.5 Å². The number of carboxylic acid groups (broad SMARTS) is 1. The van der Waals surface area contributed by atoms with Crippen LogP contribution in [0.25, 0.3) is 0 Å². The number of carboxylic acids is 1. The highest BCUT2D eigenvalue weighted by Crippen LogP contribution is 2.22. The van der Waals surface area contributed by atoms with Crippen molar-refractivity contribution in [1.82, 2.24) is 9.80 Å². The number of amides is 1. The molecule has 0 spiro atoms. The van der Waals surface area contributed by atoms with Gasteiger partial charge in [0.2, 0.25) is 5.91 Å². The molecule has 28 heavy (non-hydrogen) atoms. The summed E-state index contributed by atoms with van der Waals surface area (Å²) >= 11 is 0. The molecule has 1 aliphatic rings. The summed E-state index contributed by atoms with van der Waals surface area (Å²) < 4.78 is 5.72. The van der Waals surface area contributed by atoms with Crippen LogP contribution >= 0.6 is 0 Å². The fraction of sp³-hybridized carbons (Fsp3) is 0.333. The Bertz CT molecular complexity index is 787. The molecule has 1 amide bonds. The molecule has 2 aromatic rings. The molecule has 7 heteroatoms. The van der Waals surface area contributed by atoms with Crippen LogP contribution in [0.15, 0.2) is 54.6 Å². The van der Waals surface area contributed by atoms with Crippen molar-refractivity contribution < 1.29 is 19.4 Å². The lowest BCUT2D eigenvalue weighted by Gasteiger charge is -2.35. The normalized spacial score (nSPS) is 16.3. The Kier molecular flexibility index (Phi) is 6.62. The first kappa shape index (κ1) is 19.9. The molecule has 0 aliphatic carbocycles. The number of benzene rings is 2. The first-order valence-corrected chi connectivity index (χ1v) is 9.29. The van der Waals surface area contributed by atoms with Gasteiger partial charge >= 0.3 is 5.97 Å². The molecule has 0 aromatic heterocycles. The van der Waals surface area contributed by atoms with Gasteiger partial charge in [0.25, 0.3) is 0 Å². The van der Waals surface area contributed by atoms with E-state index in [9.17, 15) is 14.7 Å². The lowest BCUT2D eigenvalue weighted by molar-refractivity contribution is -0.145.